The van der Waals surface area contributed by atoms with Crippen molar-refractivity contribution in [3.63, 3.8) is 0 Å². The molecule has 0 aliphatic rings. The van der Waals surface area contributed by atoms with E-state index < -0.39 is 11.7 Å². The Kier molecular flexibility index (Phi) is 4.91. The lowest BCUT2D eigenvalue weighted by Gasteiger charge is -2.14. The van der Waals surface area contributed by atoms with Crippen LogP contribution in [-0.4, -0.2) is 32.7 Å². The summed E-state index contributed by atoms with van der Waals surface area (Å²) in [6, 6.07) is 2.18. The smallest absolute Gasteiger partial charge is 0.254 e. The van der Waals surface area contributed by atoms with Crippen LogP contribution in [0.25, 0.3) is 0 Å². The van der Waals surface area contributed by atoms with Crippen molar-refractivity contribution in [1.82, 2.24) is 5.32 Å². The lowest BCUT2D eigenvalue weighted by atomic mass is 10.1. The van der Waals surface area contributed by atoms with Crippen LogP contribution in [0.15, 0.2) is 12.1 Å². The molecule has 0 saturated carbocycles. The van der Waals surface area contributed by atoms with Gasteiger partial charge in [0.15, 0.2) is 11.5 Å². The number of ether oxygens (including phenoxy) is 2. The number of hydrogen-bond acceptors (Lipinski definition) is 4. The summed E-state index contributed by atoms with van der Waals surface area (Å²) in [5.74, 6) is -0.677. The number of amides is 1. The maximum absolute atomic E-state index is 13.7. The third-order valence-electron chi connectivity index (χ3n) is 2.45. The number of carbonyl (C=O) groups excluding carboxylic acids is 1. The van der Waals surface area contributed by atoms with Crippen molar-refractivity contribution in [3.8, 4) is 11.5 Å². The van der Waals surface area contributed by atoms with E-state index >= 15 is 0 Å². The monoisotopic (exact) mass is 256 g/mol. The Morgan fingerprint density at radius 2 is 1.94 bits per heavy atom. The van der Waals surface area contributed by atoms with E-state index in [9.17, 15) is 9.18 Å². The molecule has 0 aliphatic heterocycles. The molecule has 3 N–H and O–H groups in total. The van der Waals surface area contributed by atoms with Crippen molar-refractivity contribution in [1.29, 1.82) is 0 Å². The van der Waals surface area contributed by atoms with Gasteiger partial charge in [-0.05, 0) is 13.0 Å². The lowest BCUT2D eigenvalue weighted by Crippen LogP contribution is -2.38. The second-order valence-corrected chi connectivity index (χ2v) is 3.80. The maximum Gasteiger partial charge on any atom is 0.254 e. The average Bonchev–Trinajstić information content (AvgIpc) is 2.37. The van der Waals surface area contributed by atoms with Crippen LogP contribution in [-0.2, 0) is 0 Å². The number of nitrogens with two attached hydrogens (primary N) is 1. The van der Waals surface area contributed by atoms with Crippen molar-refractivity contribution in [2.75, 3.05) is 20.8 Å². The topological polar surface area (TPSA) is 73.6 Å². The molecule has 1 atom stereocenters. The largest absolute Gasteiger partial charge is 0.493 e. The Bertz CT molecular complexity index is 438. The summed E-state index contributed by atoms with van der Waals surface area (Å²) < 4.78 is 23.7. The van der Waals surface area contributed by atoms with E-state index in [0.717, 1.165) is 6.07 Å². The number of carbonyl (C=O) groups is 1. The van der Waals surface area contributed by atoms with Crippen molar-refractivity contribution in [2.45, 2.75) is 13.0 Å². The van der Waals surface area contributed by atoms with Crippen LogP contribution in [0.5, 0.6) is 11.5 Å². The zero-order valence-corrected chi connectivity index (χ0v) is 10.6. The molecule has 0 saturated heterocycles. The molecule has 5 nitrogen and oxygen atoms in total. The van der Waals surface area contributed by atoms with Crippen molar-refractivity contribution in [2.24, 2.45) is 5.73 Å². The standard InChI is InChI=1S/C12H17FN2O3/c1-7(6-14)15-12(16)8-4-10(17-2)11(18-3)5-9(8)13/h4-5,7H,6,14H2,1-3H3,(H,15,16)/t7-/m0/s1. The molecular formula is C12H17FN2O3. The van der Waals surface area contributed by atoms with Gasteiger partial charge in [-0.25, -0.2) is 4.39 Å². The zero-order chi connectivity index (χ0) is 13.7. The summed E-state index contributed by atoms with van der Waals surface area (Å²) in [5.41, 5.74) is 5.28. The molecule has 1 amide bonds. The van der Waals surface area contributed by atoms with Crippen LogP contribution in [0.2, 0.25) is 0 Å². The quantitative estimate of drug-likeness (QED) is 0.821. The maximum atomic E-state index is 13.7. The summed E-state index contributed by atoms with van der Waals surface area (Å²) >= 11 is 0. The molecule has 0 aromatic heterocycles. The highest BCUT2D eigenvalue weighted by Gasteiger charge is 2.17. The third kappa shape index (κ3) is 3.10. The molecule has 6 heteroatoms. The molecule has 1 rings (SSSR count). The number of methoxy groups -OCH3 is 2. The van der Waals surface area contributed by atoms with Gasteiger partial charge in [0.1, 0.15) is 5.82 Å². The zero-order valence-electron chi connectivity index (χ0n) is 10.6. The molecule has 0 bridgehead atoms. The summed E-state index contributed by atoms with van der Waals surface area (Å²) in [6.07, 6.45) is 0. The number of rotatable bonds is 5. The molecule has 0 radical (unpaired) electrons. The third-order valence-corrected chi connectivity index (χ3v) is 2.45. The van der Waals surface area contributed by atoms with Crippen molar-refractivity contribution < 1.29 is 18.7 Å². The van der Waals surface area contributed by atoms with Gasteiger partial charge >= 0.3 is 0 Å². The first kappa shape index (κ1) is 14.2. The molecule has 0 fully saturated rings. The van der Waals surface area contributed by atoms with Gasteiger partial charge in [-0.2, -0.15) is 0 Å². The fourth-order valence-corrected chi connectivity index (χ4v) is 1.39. The van der Waals surface area contributed by atoms with Gasteiger partial charge in [0.25, 0.3) is 5.91 Å². The number of benzene rings is 1. The highest BCUT2D eigenvalue weighted by molar-refractivity contribution is 5.95. The van der Waals surface area contributed by atoms with Crippen molar-refractivity contribution >= 4 is 5.91 Å². The Morgan fingerprint density at radius 3 is 2.44 bits per heavy atom. The highest BCUT2D eigenvalue weighted by Crippen LogP contribution is 2.29. The fraction of sp³-hybridized carbons (Fsp3) is 0.417. The summed E-state index contributed by atoms with van der Waals surface area (Å²) in [4.78, 5) is 11.8. The Labute approximate surface area is 105 Å². The predicted octanol–water partition coefficient (Wildman–Crippen LogP) is 0.920. The average molecular weight is 256 g/mol. The number of nitrogens with one attached hydrogen (secondary N) is 1. The van der Waals surface area contributed by atoms with E-state index in [1.807, 2.05) is 0 Å². The van der Waals surface area contributed by atoms with Gasteiger partial charge in [-0.1, -0.05) is 0 Å². The normalized spacial score (nSPS) is 11.8. The highest BCUT2D eigenvalue weighted by atomic mass is 19.1. The first-order valence-electron chi connectivity index (χ1n) is 5.46. The summed E-state index contributed by atoms with van der Waals surface area (Å²) in [6.45, 7) is 2.01. The molecule has 0 unspecified atom stereocenters. The SMILES string of the molecule is COc1cc(F)c(C(=O)N[C@@H](C)CN)cc1OC. The molecule has 1 aromatic carbocycles. The first-order chi connectivity index (χ1) is 8.53. The van der Waals surface area contributed by atoms with Gasteiger partial charge in [0.2, 0.25) is 0 Å². The van der Waals surface area contributed by atoms with Crippen LogP contribution in [0, 0.1) is 5.82 Å². The Balaban J connectivity index is 3.05. The molecular weight excluding hydrogens is 239 g/mol. The van der Waals surface area contributed by atoms with Gasteiger partial charge in [-0.15, -0.1) is 0 Å². The van der Waals surface area contributed by atoms with Crippen molar-refractivity contribution in [3.05, 3.63) is 23.5 Å². The Morgan fingerprint density at radius 1 is 1.39 bits per heavy atom. The summed E-state index contributed by atoms with van der Waals surface area (Å²) in [5, 5.41) is 2.58. The van der Waals surface area contributed by atoms with Crippen LogP contribution < -0.4 is 20.5 Å². The lowest BCUT2D eigenvalue weighted by molar-refractivity contribution is 0.0936. The van der Waals surface area contributed by atoms with Crippen LogP contribution in [0.1, 0.15) is 17.3 Å². The van der Waals surface area contributed by atoms with E-state index in [2.05, 4.69) is 5.32 Å². The fourth-order valence-electron chi connectivity index (χ4n) is 1.39. The molecule has 18 heavy (non-hydrogen) atoms. The van der Waals surface area contributed by atoms with E-state index in [0.29, 0.717) is 5.75 Å². The van der Waals surface area contributed by atoms with Gasteiger partial charge < -0.3 is 20.5 Å². The van der Waals surface area contributed by atoms with Crippen LogP contribution >= 0.6 is 0 Å². The van der Waals surface area contributed by atoms with E-state index in [1.54, 1.807) is 6.92 Å². The van der Waals surface area contributed by atoms with Gasteiger partial charge in [-0.3, -0.25) is 4.79 Å². The first-order valence-corrected chi connectivity index (χ1v) is 5.46. The second kappa shape index (κ2) is 6.20. The van der Waals surface area contributed by atoms with E-state index in [1.165, 1.54) is 20.3 Å². The molecule has 100 valence electrons. The predicted molar refractivity (Wildman–Crippen MR) is 65.5 cm³/mol. The molecule has 0 aliphatic carbocycles. The minimum atomic E-state index is -0.672. The minimum Gasteiger partial charge on any atom is -0.493 e. The molecule has 0 spiro atoms. The van der Waals surface area contributed by atoms with Crippen LogP contribution in [0.4, 0.5) is 4.39 Å². The number of hydrogen-bond donors (Lipinski definition) is 2. The number of halogens is 1. The summed E-state index contributed by atoms with van der Waals surface area (Å²) in [7, 11) is 2.81. The van der Waals surface area contributed by atoms with Gasteiger partial charge in [0, 0.05) is 18.7 Å². The minimum absolute atomic E-state index is 0.104. The van der Waals surface area contributed by atoms with E-state index in [4.69, 9.17) is 15.2 Å². The molecule has 1 aromatic rings. The second-order valence-electron chi connectivity index (χ2n) is 3.80. The van der Waals surface area contributed by atoms with E-state index in [-0.39, 0.29) is 23.9 Å². The Hall–Kier alpha value is -1.82. The van der Waals surface area contributed by atoms with Crippen LogP contribution in [0.3, 0.4) is 0 Å². The van der Waals surface area contributed by atoms with Gasteiger partial charge in [0.05, 0.1) is 19.8 Å². The molecule has 0 heterocycles.